The molecule has 0 saturated carbocycles. The van der Waals surface area contributed by atoms with Crippen molar-refractivity contribution in [2.45, 2.75) is 24.4 Å². The van der Waals surface area contributed by atoms with Crippen molar-refractivity contribution in [3.63, 3.8) is 0 Å². The SMILES string of the molecule is NC(CC1([N+](=O)[O-])C=CC(O)=CC1)C(=O)O. The van der Waals surface area contributed by atoms with Gasteiger partial charge in [-0.05, 0) is 18.2 Å². The monoisotopic (exact) mass is 228 g/mol. The molecule has 2 unspecified atom stereocenters. The molecule has 0 radical (unpaired) electrons. The van der Waals surface area contributed by atoms with E-state index in [-0.39, 0.29) is 18.6 Å². The molecular formula is C9H12N2O5. The van der Waals surface area contributed by atoms with Crippen molar-refractivity contribution < 1.29 is 19.9 Å². The van der Waals surface area contributed by atoms with E-state index in [1.165, 1.54) is 18.2 Å². The molecule has 7 heteroatoms. The molecule has 0 aromatic heterocycles. The van der Waals surface area contributed by atoms with Crippen LogP contribution in [0.3, 0.4) is 0 Å². The number of hydrogen-bond donors (Lipinski definition) is 3. The Morgan fingerprint density at radius 2 is 2.38 bits per heavy atom. The molecule has 1 aliphatic carbocycles. The third-order valence-corrected chi connectivity index (χ3v) is 2.48. The van der Waals surface area contributed by atoms with Gasteiger partial charge in [0.1, 0.15) is 11.8 Å². The van der Waals surface area contributed by atoms with Crippen LogP contribution in [-0.2, 0) is 4.79 Å². The summed E-state index contributed by atoms with van der Waals surface area (Å²) in [5.41, 5.74) is 3.75. The summed E-state index contributed by atoms with van der Waals surface area (Å²) in [5.74, 6) is -1.35. The predicted octanol–water partition coefficient (Wildman–Crippen LogP) is 0.206. The first-order valence-electron chi connectivity index (χ1n) is 4.59. The molecule has 4 N–H and O–H groups in total. The van der Waals surface area contributed by atoms with Crippen LogP contribution in [0, 0.1) is 10.1 Å². The van der Waals surface area contributed by atoms with Crippen LogP contribution in [0.25, 0.3) is 0 Å². The molecule has 0 spiro atoms. The Bertz CT molecular complexity index is 376. The molecule has 0 saturated heterocycles. The van der Waals surface area contributed by atoms with Crippen molar-refractivity contribution >= 4 is 5.97 Å². The second-order valence-electron chi connectivity index (χ2n) is 3.68. The van der Waals surface area contributed by atoms with Crippen LogP contribution in [0.5, 0.6) is 0 Å². The number of allylic oxidation sites excluding steroid dienone is 1. The summed E-state index contributed by atoms with van der Waals surface area (Å²) in [6, 6.07) is -1.30. The first kappa shape index (κ1) is 12.2. The van der Waals surface area contributed by atoms with E-state index in [4.69, 9.17) is 15.9 Å². The molecule has 16 heavy (non-hydrogen) atoms. The molecule has 0 aromatic carbocycles. The number of aliphatic hydroxyl groups is 1. The Labute approximate surface area is 91.0 Å². The van der Waals surface area contributed by atoms with E-state index in [9.17, 15) is 14.9 Å². The number of hydrogen-bond acceptors (Lipinski definition) is 5. The van der Waals surface area contributed by atoms with Crippen molar-refractivity contribution in [1.82, 2.24) is 0 Å². The van der Waals surface area contributed by atoms with Gasteiger partial charge >= 0.3 is 5.97 Å². The first-order valence-corrected chi connectivity index (χ1v) is 4.59. The van der Waals surface area contributed by atoms with Crippen molar-refractivity contribution in [2.75, 3.05) is 0 Å². The van der Waals surface area contributed by atoms with Crippen LogP contribution in [0.4, 0.5) is 0 Å². The fraction of sp³-hybridized carbons (Fsp3) is 0.444. The Kier molecular flexibility index (Phi) is 3.28. The number of aliphatic hydroxyl groups excluding tert-OH is 1. The van der Waals surface area contributed by atoms with Crippen LogP contribution < -0.4 is 5.73 Å². The molecule has 0 aromatic rings. The lowest BCUT2D eigenvalue weighted by Gasteiger charge is -2.24. The number of nitrogens with two attached hydrogens (primary N) is 1. The van der Waals surface area contributed by atoms with Gasteiger partial charge in [0.05, 0.1) is 0 Å². The van der Waals surface area contributed by atoms with Gasteiger partial charge in [0, 0.05) is 17.8 Å². The van der Waals surface area contributed by atoms with E-state index >= 15 is 0 Å². The summed E-state index contributed by atoms with van der Waals surface area (Å²) in [5, 5.41) is 28.6. The van der Waals surface area contributed by atoms with Crippen LogP contribution in [0.2, 0.25) is 0 Å². The number of carbonyl (C=O) groups is 1. The molecule has 0 fully saturated rings. The maximum atomic E-state index is 10.9. The smallest absolute Gasteiger partial charge is 0.320 e. The fourth-order valence-corrected chi connectivity index (χ4v) is 1.49. The summed E-state index contributed by atoms with van der Waals surface area (Å²) >= 11 is 0. The van der Waals surface area contributed by atoms with E-state index in [1.807, 2.05) is 0 Å². The van der Waals surface area contributed by atoms with Gasteiger partial charge in [-0.15, -0.1) is 0 Å². The van der Waals surface area contributed by atoms with Gasteiger partial charge in [0.2, 0.25) is 5.54 Å². The number of rotatable bonds is 4. The highest BCUT2D eigenvalue weighted by molar-refractivity contribution is 5.73. The van der Waals surface area contributed by atoms with Gasteiger partial charge in [-0.2, -0.15) is 0 Å². The molecule has 0 aliphatic heterocycles. The largest absolute Gasteiger partial charge is 0.508 e. The molecular weight excluding hydrogens is 216 g/mol. The third-order valence-electron chi connectivity index (χ3n) is 2.48. The van der Waals surface area contributed by atoms with Crippen molar-refractivity contribution in [3.05, 3.63) is 34.1 Å². The highest BCUT2D eigenvalue weighted by Crippen LogP contribution is 2.28. The summed E-state index contributed by atoms with van der Waals surface area (Å²) in [4.78, 5) is 20.9. The van der Waals surface area contributed by atoms with Crippen LogP contribution in [-0.4, -0.2) is 32.7 Å². The predicted molar refractivity (Wildman–Crippen MR) is 54.4 cm³/mol. The first-order chi connectivity index (χ1) is 7.37. The molecule has 0 amide bonds. The number of carboxylic acid groups (broad SMARTS) is 1. The Morgan fingerprint density at radius 1 is 1.75 bits per heavy atom. The molecule has 2 atom stereocenters. The minimum atomic E-state index is -1.54. The zero-order chi connectivity index (χ0) is 12.3. The van der Waals surface area contributed by atoms with Gasteiger partial charge in [-0.1, -0.05) is 0 Å². The fourth-order valence-electron chi connectivity index (χ4n) is 1.49. The Morgan fingerprint density at radius 3 is 2.75 bits per heavy atom. The lowest BCUT2D eigenvalue weighted by molar-refractivity contribution is -0.556. The van der Waals surface area contributed by atoms with Crippen molar-refractivity contribution in [1.29, 1.82) is 0 Å². The van der Waals surface area contributed by atoms with Crippen molar-refractivity contribution in [3.8, 4) is 0 Å². The standard InChI is InChI=1S/C9H12N2O5/c10-7(8(13)14)5-9(11(15)16)3-1-6(12)2-4-9/h1-3,7,12H,4-5,10H2,(H,13,14). The lowest BCUT2D eigenvalue weighted by Crippen LogP contribution is -2.45. The normalized spacial score (nSPS) is 25.9. The third kappa shape index (κ3) is 2.37. The molecule has 88 valence electrons. The van der Waals surface area contributed by atoms with Gasteiger partial charge in [0.25, 0.3) is 0 Å². The average molecular weight is 228 g/mol. The Balaban J connectivity index is 2.89. The van der Waals surface area contributed by atoms with E-state index in [0.717, 1.165) is 0 Å². The summed E-state index contributed by atoms with van der Waals surface area (Å²) in [6.07, 6.45) is 3.27. The summed E-state index contributed by atoms with van der Waals surface area (Å²) in [6.45, 7) is 0. The topological polar surface area (TPSA) is 127 Å². The van der Waals surface area contributed by atoms with Gasteiger partial charge in [0.15, 0.2) is 0 Å². The molecule has 1 aliphatic rings. The molecule has 0 bridgehead atoms. The van der Waals surface area contributed by atoms with E-state index < -0.39 is 22.5 Å². The van der Waals surface area contributed by atoms with Crippen molar-refractivity contribution in [2.24, 2.45) is 5.73 Å². The van der Waals surface area contributed by atoms with Gasteiger partial charge in [-0.25, -0.2) is 0 Å². The van der Waals surface area contributed by atoms with Gasteiger partial charge in [-0.3, -0.25) is 14.9 Å². The van der Waals surface area contributed by atoms with E-state index in [2.05, 4.69) is 0 Å². The maximum absolute atomic E-state index is 10.9. The lowest BCUT2D eigenvalue weighted by atomic mass is 9.85. The highest BCUT2D eigenvalue weighted by atomic mass is 16.6. The zero-order valence-electron chi connectivity index (χ0n) is 8.37. The minimum Gasteiger partial charge on any atom is -0.508 e. The molecule has 1 rings (SSSR count). The number of nitrogens with zero attached hydrogens (tertiary/aromatic N) is 1. The Hall–Kier alpha value is -1.89. The van der Waals surface area contributed by atoms with Crippen LogP contribution in [0.1, 0.15) is 12.8 Å². The summed E-state index contributed by atoms with van der Waals surface area (Å²) in [7, 11) is 0. The molecule has 0 heterocycles. The molecule has 7 nitrogen and oxygen atoms in total. The summed E-state index contributed by atoms with van der Waals surface area (Å²) < 4.78 is 0. The number of aliphatic carboxylic acids is 1. The quantitative estimate of drug-likeness (QED) is 0.466. The minimum absolute atomic E-state index is 0.0662. The second kappa shape index (κ2) is 4.31. The van der Waals surface area contributed by atoms with Crippen LogP contribution >= 0.6 is 0 Å². The average Bonchev–Trinajstić information content (AvgIpc) is 2.21. The second-order valence-corrected chi connectivity index (χ2v) is 3.68. The van der Waals surface area contributed by atoms with E-state index in [1.54, 1.807) is 0 Å². The highest BCUT2D eigenvalue weighted by Gasteiger charge is 2.43. The van der Waals surface area contributed by atoms with Crippen LogP contribution in [0.15, 0.2) is 24.0 Å². The van der Waals surface area contributed by atoms with E-state index in [0.29, 0.717) is 0 Å². The zero-order valence-corrected chi connectivity index (χ0v) is 8.37. The van der Waals surface area contributed by atoms with Gasteiger partial charge < -0.3 is 15.9 Å². The number of carboxylic acids is 1. The maximum Gasteiger partial charge on any atom is 0.320 e. The number of nitro groups is 1.